The van der Waals surface area contributed by atoms with E-state index in [9.17, 15) is 4.79 Å². The van der Waals surface area contributed by atoms with E-state index in [1.165, 1.54) is 103 Å². The van der Waals surface area contributed by atoms with Crippen molar-refractivity contribution in [2.24, 2.45) is 11.7 Å². The Bertz CT molecular complexity index is 245. The summed E-state index contributed by atoms with van der Waals surface area (Å²) < 4.78 is 0. The lowest BCUT2D eigenvalue weighted by atomic mass is 9.93. The van der Waals surface area contributed by atoms with Crippen LogP contribution in [0.3, 0.4) is 0 Å². The summed E-state index contributed by atoms with van der Waals surface area (Å²) in [4.78, 5) is 11.6. The molecule has 0 rings (SSSR count). The zero-order chi connectivity index (χ0) is 17.9. The minimum absolute atomic E-state index is 0.0686. The van der Waals surface area contributed by atoms with Crippen LogP contribution in [0.1, 0.15) is 129 Å². The zero-order valence-corrected chi connectivity index (χ0v) is 16.8. The summed E-state index contributed by atoms with van der Waals surface area (Å²) >= 11 is 0. The first-order chi connectivity index (χ1) is 11.7. The van der Waals surface area contributed by atoms with Crippen molar-refractivity contribution in [3.8, 4) is 0 Å². The fourth-order valence-electron chi connectivity index (χ4n) is 3.48. The molecule has 0 aromatic rings. The van der Waals surface area contributed by atoms with Gasteiger partial charge in [-0.15, -0.1) is 0 Å². The van der Waals surface area contributed by atoms with Gasteiger partial charge in [-0.05, 0) is 12.8 Å². The highest BCUT2D eigenvalue weighted by atomic mass is 16.1. The van der Waals surface area contributed by atoms with Gasteiger partial charge in [0.1, 0.15) is 0 Å². The monoisotopic (exact) mass is 339 g/mol. The Balaban J connectivity index is 3.49. The van der Waals surface area contributed by atoms with Crippen molar-refractivity contribution in [1.82, 2.24) is 0 Å². The lowest BCUT2D eigenvalue weighted by Gasteiger charge is -2.13. The molecule has 2 heteroatoms. The van der Waals surface area contributed by atoms with E-state index in [1.54, 1.807) is 0 Å². The van der Waals surface area contributed by atoms with E-state index in [0.29, 0.717) is 0 Å². The molecule has 0 spiro atoms. The first kappa shape index (κ1) is 23.5. The lowest BCUT2D eigenvalue weighted by molar-refractivity contribution is -0.122. The molecular formula is C22H45NO. The summed E-state index contributed by atoms with van der Waals surface area (Å²) in [7, 11) is 0. The van der Waals surface area contributed by atoms with Crippen molar-refractivity contribution in [2.45, 2.75) is 129 Å². The maximum absolute atomic E-state index is 11.6. The number of hydrogen-bond acceptors (Lipinski definition) is 1. The molecule has 0 aliphatic carbocycles. The van der Waals surface area contributed by atoms with Crippen LogP contribution in [0.15, 0.2) is 0 Å². The van der Waals surface area contributed by atoms with Gasteiger partial charge < -0.3 is 5.73 Å². The third-order valence-electron chi connectivity index (χ3n) is 5.21. The van der Waals surface area contributed by atoms with Crippen molar-refractivity contribution in [2.75, 3.05) is 0 Å². The van der Waals surface area contributed by atoms with Crippen LogP contribution >= 0.6 is 0 Å². The van der Waals surface area contributed by atoms with E-state index in [4.69, 9.17) is 5.73 Å². The van der Waals surface area contributed by atoms with Gasteiger partial charge in [0.05, 0.1) is 0 Å². The maximum atomic E-state index is 11.6. The van der Waals surface area contributed by atoms with Gasteiger partial charge in [-0.25, -0.2) is 0 Å². The Hall–Kier alpha value is -0.530. The van der Waals surface area contributed by atoms with Crippen LogP contribution in [-0.4, -0.2) is 5.91 Å². The molecule has 0 saturated heterocycles. The molecule has 0 heterocycles. The molecular weight excluding hydrogens is 294 g/mol. The number of hydrogen-bond donors (Lipinski definition) is 1. The molecule has 24 heavy (non-hydrogen) atoms. The molecule has 2 nitrogen and oxygen atoms in total. The van der Waals surface area contributed by atoms with Crippen molar-refractivity contribution < 1.29 is 4.79 Å². The fourth-order valence-corrected chi connectivity index (χ4v) is 3.48. The van der Waals surface area contributed by atoms with Crippen LogP contribution < -0.4 is 5.73 Å². The first-order valence-corrected chi connectivity index (χ1v) is 11.0. The summed E-state index contributed by atoms with van der Waals surface area (Å²) in [6.07, 6.45) is 23.2. The highest BCUT2D eigenvalue weighted by Crippen LogP contribution is 2.19. The molecule has 1 amide bonds. The van der Waals surface area contributed by atoms with E-state index in [2.05, 4.69) is 13.8 Å². The zero-order valence-electron chi connectivity index (χ0n) is 16.8. The van der Waals surface area contributed by atoms with Crippen LogP contribution in [0.25, 0.3) is 0 Å². The fraction of sp³-hybridized carbons (Fsp3) is 0.955. The van der Waals surface area contributed by atoms with E-state index >= 15 is 0 Å². The highest BCUT2D eigenvalue weighted by molar-refractivity contribution is 5.76. The molecule has 0 aliphatic heterocycles. The Morgan fingerprint density at radius 2 is 0.875 bits per heavy atom. The first-order valence-electron chi connectivity index (χ1n) is 11.0. The third-order valence-corrected chi connectivity index (χ3v) is 5.21. The smallest absolute Gasteiger partial charge is 0.220 e. The SMILES string of the molecule is CCCCCCCCCCC(CCCCCCCCCC)C(N)=O. The van der Waals surface area contributed by atoms with Gasteiger partial charge in [0.2, 0.25) is 5.91 Å². The largest absolute Gasteiger partial charge is 0.369 e. The minimum atomic E-state index is -0.0686. The van der Waals surface area contributed by atoms with E-state index < -0.39 is 0 Å². The van der Waals surface area contributed by atoms with Crippen LogP contribution in [0.4, 0.5) is 0 Å². The van der Waals surface area contributed by atoms with Crippen LogP contribution in [0.2, 0.25) is 0 Å². The van der Waals surface area contributed by atoms with Crippen molar-refractivity contribution in [1.29, 1.82) is 0 Å². The summed E-state index contributed by atoms with van der Waals surface area (Å²) in [6.45, 7) is 4.52. The molecule has 0 saturated carbocycles. The van der Waals surface area contributed by atoms with Crippen LogP contribution in [0, 0.1) is 5.92 Å². The molecule has 0 aromatic carbocycles. The average Bonchev–Trinajstić information content (AvgIpc) is 2.57. The normalized spacial score (nSPS) is 11.3. The third kappa shape index (κ3) is 16.3. The molecule has 0 aromatic heterocycles. The molecule has 0 fully saturated rings. The molecule has 0 radical (unpaired) electrons. The predicted octanol–water partition coefficient (Wildman–Crippen LogP) is 7.15. The van der Waals surface area contributed by atoms with E-state index in [0.717, 1.165) is 12.8 Å². The highest BCUT2D eigenvalue weighted by Gasteiger charge is 2.14. The molecule has 0 aliphatic rings. The number of rotatable bonds is 19. The van der Waals surface area contributed by atoms with Gasteiger partial charge >= 0.3 is 0 Å². The molecule has 0 bridgehead atoms. The molecule has 0 atom stereocenters. The Labute approximate surface area is 152 Å². The van der Waals surface area contributed by atoms with Gasteiger partial charge in [-0.3, -0.25) is 4.79 Å². The quantitative estimate of drug-likeness (QED) is 0.249. The molecule has 2 N–H and O–H groups in total. The van der Waals surface area contributed by atoms with Crippen LogP contribution in [-0.2, 0) is 4.79 Å². The molecule has 144 valence electrons. The Kier molecular flexibility index (Phi) is 18.4. The van der Waals surface area contributed by atoms with Crippen LogP contribution in [0.5, 0.6) is 0 Å². The minimum Gasteiger partial charge on any atom is -0.369 e. The van der Waals surface area contributed by atoms with Crippen molar-refractivity contribution in [3.63, 3.8) is 0 Å². The van der Waals surface area contributed by atoms with E-state index in [1.807, 2.05) is 0 Å². The molecule has 0 unspecified atom stereocenters. The summed E-state index contributed by atoms with van der Waals surface area (Å²) in [5.41, 5.74) is 5.59. The summed E-state index contributed by atoms with van der Waals surface area (Å²) in [5, 5.41) is 0. The van der Waals surface area contributed by atoms with Crippen molar-refractivity contribution in [3.05, 3.63) is 0 Å². The summed E-state index contributed by atoms with van der Waals surface area (Å²) in [5.74, 6) is 0.0612. The van der Waals surface area contributed by atoms with Gasteiger partial charge in [0, 0.05) is 5.92 Å². The van der Waals surface area contributed by atoms with Gasteiger partial charge in [-0.2, -0.15) is 0 Å². The predicted molar refractivity (Wildman–Crippen MR) is 107 cm³/mol. The van der Waals surface area contributed by atoms with E-state index in [-0.39, 0.29) is 11.8 Å². The summed E-state index contributed by atoms with van der Waals surface area (Å²) in [6, 6.07) is 0. The Morgan fingerprint density at radius 3 is 1.17 bits per heavy atom. The van der Waals surface area contributed by atoms with Gasteiger partial charge in [0.15, 0.2) is 0 Å². The maximum Gasteiger partial charge on any atom is 0.220 e. The number of amides is 1. The lowest BCUT2D eigenvalue weighted by Crippen LogP contribution is -2.23. The second kappa shape index (κ2) is 18.8. The van der Waals surface area contributed by atoms with Crippen molar-refractivity contribution >= 4 is 5.91 Å². The Morgan fingerprint density at radius 1 is 0.583 bits per heavy atom. The van der Waals surface area contributed by atoms with Gasteiger partial charge in [0.25, 0.3) is 0 Å². The number of unbranched alkanes of at least 4 members (excludes halogenated alkanes) is 14. The number of primary amides is 1. The number of carbonyl (C=O) groups excluding carboxylic acids is 1. The standard InChI is InChI=1S/C22H45NO/c1-3-5-7-9-11-13-15-17-19-21(22(23)24)20-18-16-14-12-10-8-6-4-2/h21H,3-20H2,1-2H3,(H2,23,24). The van der Waals surface area contributed by atoms with Gasteiger partial charge in [-0.1, -0.05) is 117 Å². The number of nitrogens with two attached hydrogens (primary N) is 1. The second-order valence-corrected chi connectivity index (χ2v) is 7.63. The average molecular weight is 340 g/mol. The number of carbonyl (C=O) groups is 1. The topological polar surface area (TPSA) is 43.1 Å². The second-order valence-electron chi connectivity index (χ2n) is 7.63.